The summed E-state index contributed by atoms with van der Waals surface area (Å²) in [6.45, 7) is 1.18. The summed E-state index contributed by atoms with van der Waals surface area (Å²) in [5, 5.41) is 3.21. The standard InChI is InChI=1S/C22H18F3N3O3/c23-22(24,25)20-27-14-6-5-12(11-15(14)28-20)18(29)17-19(30)13-3-1-2-4-16(13)31-21(17)7-9-26-10-8-21/h1-6,11,17,26H,7-10H2,(H,27,28). The first kappa shape index (κ1) is 19.7. The second kappa shape index (κ2) is 6.91. The first-order chi connectivity index (χ1) is 14.8. The summed E-state index contributed by atoms with van der Waals surface area (Å²) in [5.41, 5.74) is -0.330. The van der Waals surface area contributed by atoms with Crippen LogP contribution in [0.15, 0.2) is 42.5 Å². The molecule has 160 valence electrons. The Morgan fingerprint density at radius 3 is 2.61 bits per heavy atom. The van der Waals surface area contributed by atoms with E-state index in [4.69, 9.17) is 4.74 Å². The number of rotatable bonds is 2. The zero-order valence-corrected chi connectivity index (χ0v) is 16.3. The number of alkyl halides is 3. The maximum atomic E-state index is 13.6. The molecule has 2 aliphatic rings. The Hall–Kier alpha value is -3.20. The monoisotopic (exact) mass is 429 g/mol. The number of hydrogen-bond acceptors (Lipinski definition) is 5. The lowest BCUT2D eigenvalue weighted by molar-refractivity contribution is -0.144. The number of fused-ring (bicyclic) bond motifs is 2. The number of ether oxygens (including phenoxy) is 1. The SMILES string of the molecule is O=C(c1ccc2nc(C(F)(F)F)[nH]c2c1)C1C(=O)c2ccccc2OC12CCNCC2. The first-order valence-corrected chi connectivity index (χ1v) is 9.93. The Balaban J connectivity index is 1.58. The summed E-state index contributed by atoms with van der Waals surface area (Å²) >= 11 is 0. The fourth-order valence-electron chi connectivity index (χ4n) is 4.49. The minimum Gasteiger partial charge on any atom is -0.485 e. The summed E-state index contributed by atoms with van der Waals surface area (Å²) < 4.78 is 45.2. The molecule has 3 heterocycles. The quantitative estimate of drug-likeness (QED) is 0.479. The van der Waals surface area contributed by atoms with Gasteiger partial charge in [-0.25, -0.2) is 4.98 Å². The number of nitrogens with one attached hydrogen (secondary N) is 2. The van der Waals surface area contributed by atoms with Crippen LogP contribution < -0.4 is 10.1 Å². The highest BCUT2D eigenvalue weighted by Crippen LogP contribution is 2.43. The number of piperidine rings is 1. The molecular formula is C22H18F3N3O3. The lowest BCUT2D eigenvalue weighted by atomic mass is 9.70. The van der Waals surface area contributed by atoms with Gasteiger partial charge in [-0.15, -0.1) is 0 Å². The second-order valence-corrected chi connectivity index (χ2v) is 7.89. The van der Waals surface area contributed by atoms with Gasteiger partial charge in [0, 0.05) is 18.4 Å². The number of carbonyl (C=O) groups is 2. The molecule has 5 rings (SSSR count). The normalized spacial score (nSPS) is 20.5. The van der Waals surface area contributed by atoms with Crippen molar-refractivity contribution >= 4 is 22.6 Å². The number of aromatic amines is 1. The van der Waals surface area contributed by atoms with Crippen LogP contribution in [0.5, 0.6) is 5.75 Å². The third-order valence-corrected chi connectivity index (χ3v) is 6.00. The Kier molecular flexibility index (Phi) is 4.40. The Bertz CT molecular complexity index is 1200. The Morgan fingerprint density at radius 1 is 1.13 bits per heavy atom. The van der Waals surface area contributed by atoms with E-state index in [1.807, 2.05) is 0 Å². The maximum absolute atomic E-state index is 13.6. The second-order valence-electron chi connectivity index (χ2n) is 7.89. The van der Waals surface area contributed by atoms with Crippen LogP contribution in [0.3, 0.4) is 0 Å². The van der Waals surface area contributed by atoms with E-state index < -0.39 is 29.3 Å². The van der Waals surface area contributed by atoms with Crippen LogP contribution in [0.2, 0.25) is 0 Å². The van der Waals surface area contributed by atoms with E-state index in [1.54, 1.807) is 24.3 Å². The molecule has 1 fully saturated rings. The zero-order valence-electron chi connectivity index (χ0n) is 16.3. The zero-order chi connectivity index (χ0) is 21.8. The van der Waals surface area contributed by atoms with E-state index in [2.05, 4.69) is 15.3 Å². The van der Waals surface area contributed by atoms with Crippen molar-refractivity contribution in [2.45, 2.75) is 24.6 Å². The van der Waals surface area contributed by atoms with Gasteiger partial charge in [0.25, 0.3) is 0 Å². The Morgan fingerprint density at radius 2 is 1.87 bits per heavy atom. The third-order valence-electron chi connectivity index (χ3n) is 6.00. The number of para-hydroxylation sites is 1. The molecule has 1 aromatic heterocycles. The van der Waals surface area contributed by atoms with E-state index >= 15 is 0 Å². The van der Waals surface area contributed by atoms with E-state index in [0.29, 0.717) is 37.2 Å². The van der Waals surface area contributed by atoms with Crippen LogP contribution >= 0.6 is 0 Å². The van der Waals surface area contributed by atoms with E-state index in [0.717, 1.165) is 0 Å². The molecule has 1 spiro atoms. The van der Waals surface area contributed by atoms with Gasteiger partial charge in [0.05, 0.1) is 16.6 Å². The van der Waals surface area contributed by atoms with Crippen LogP contribution in [-0.4, -0.2) is 40.2 Å². The van der Waals surface area contributed by atoms with Gasteiger partial charge in [0.1, 0.15) is 17.3 Å². The lowest BCUT2D eigenvalue weighted by Gasteiger charge is -2.45. The molecule has 1 atom stereocenters. The largest absolute Gasteiger partial charge is 0.485 e. The van der Waals surface area contributed by atoms with Crippen LogP contribution in [0, 0.1) is 5.92 Å². The maximum Gasteiger partial charge on any atom is 0.449 e. The number of hydrogen-bond donors (Lipinski definition) is 2. The van der Waals surface area contributed by atoms with Gasteiger partial charge in [0.15, 0.2) is 11.6 Å². The highest BCUT2D eigenvalue weighted by Gasteiger charge is 2.53. The number of Topliss-reactive ketones (excluding diaryl/α,β-unsaturated/α-hetero) is 2. The van der Waals surface area contributed by atoms with Crippen molar-refractivity contribution in [3.63, 3.8) is 0 Å². The number of ketones is 2. The molecule has 0 saturated carbocycles. The molecule has 0 amide bonds. The molecule has 0 aliphatic carbocycles. The topological polar surface area (TPSA) is 84.1 Å². The molecule has 1 unspecified atom stereocenters. The molecule has 9 heteroatoms. The van der Waals surface area contributed by atoms with Crippen molar-refractivity contribution in [1.29, 1.82) is 0 Å². The molecular weight excluding hydrogens is 411 g/mol. The van der Waals surface area contributed by atoms with Gasteiger partial charge in [-0.3, -0.25) is 9.59 Å². The van der Waals surface area contributed by atoms with Crippen molar-refractivity contribution in [2.75, 3.05) is 13.1 Å². The smallest absolute Gasteiger partial charge is 0.449 e. The van der Waals surface area contributed by atoms with Crippen molar-refractivity contribution in [3.05, 3.63) is 59.4 Å². The van der Waals surface area contributed by atoms with Crippen LogP contribution in [0.1, 0.15) is 39.4 Å². The summed E-state index contributed by atoms with van der Waals surface area (Å²) in [7, 11) is 0. The van der Waals surface area contributed by atoms with Gasteiger partial charge in [-0.05, 0) is 43.4 Å². The summed E-state index contributed by atoms with van der Waals surface area (Å²) in [5.74, 6) is -2.54. The molecule has 1 saturated heterocycles. The molecule has 0 bridgehead atoms. The van der Waals surface area contributed by atoms with Gasteiger partial charge in [-0.1, -0.05) is 12.1 Å². The van der Waals surface area contributed by atoms with Gasteiger partial charge < -0.3 is 15.0 Å². The number of aromatic nitrogens is 2. The summed E-state index contributed by atoms with van der Waals surface area (Å²) in [6.07, 6.45) is -3.69. The average molecular weight is 429 g/mol. The molecule has 2 aliphatic heterocycles. The lowest BCUT2D eigenvalue weighted by Crippen LogP contribution is -2.58. The van der Waals surface area contributed by atoms with Crippen LogP contribution in [-0.2, 0) is 6.18 Å². The van der Waals surface area contributed by atoms with Crippen molar-refractivity contribution in [3.8, 4) is 5.75 Å². The number of imidazole rings is 1. The van der Waals surface area contributed by atoms with E-state index in [-0.39, 0.29) is 22.4 Å². The van der Waals surface area contributed by atoms with Crippen LogP contribution in [0.25, 0.3) is 11.0 Å². The third kappa shape index (κ3) is 3.20. The van der Waals surface area contributed by atoms with Gasteiger partial charge >= 0.3 is 6.18 Å². The first-order valence-electron chi connectivity index (χ1n) is 9.93. The minimum atomic E-state index is -4.63. The van der Waals surface area contributed by atoms with E-state index in [1.165, 1.54) is 18.2 Å². The fourth-order valence-corrected chi connectivity index (χ4v) is 4.49. The summed E-state index contributed by atoms with van der Waals surface area (Å²) in [4.78, 5) is 32.7. The molecule has 3 aromatic rings. The Labute approximate surface area is 174 Å². The molecule has 0 radical (unpaired) electrons. The highest BCUT2D eigenvalue weighted by atomic mass is 19.4. The molecule has 6 nitrogen and oxygen atoms in total. The number of halogens is 3. The number of carbonyl (C=O) groups excluding carboxylic acids is 2. The fraction of sp³-hybridized carbons (Fsp3) is 0.318. The van der Waals surface area contributed by atoms with Gasteiger partial charge in [-0.2, -0.15) is 13.2 Å². The van der Waals surface area contributed by atoms with Crippen LogP contribution in [0.4, 0.5) is 13.2 Å². The van der Waals surface area contributed by atoms with E-state index in [9.17, 15) is 22.8 Å². The number of H-pyrrole nitrogens is 1. The van der Waals surface area contributed by atoms with Crippen molar-refractivity contribution in [2.24, 2.45) is 5.92 Å². The molecule has 2 aromatic carbocycles. The molecule has 31 heavy (non-hydrogen) atoms. The number of benzene rings is 2. The predicted octanol–water partition coefficient (Wildman–Crippen LogP) is 3.78. The highest BCUT2D eigenvalue weighted by molar-refractivity contribution is 6.19. The average Bonchev–Trinajstić information content (AvgIpc) is 3.18. The minimum absolute atomic E-state index is 0.0853. The molecule has 2 N–H and O–H groups in total. The predicted molar refractivity (Wildman–Crippen MR) is 105 cm³/mol. The number of nitrogens with zero attached hydrogens (tertiary/aromatic N) is 1. The van der Waals surface area contributed by atoms with Crippen molar-refractivity contribution < 1.29 is 27.5 Å². The van der Waals surface area contributed by atoms with Gasteiger partial charge in [0.2, 0.25) is 5.82 Å². The summed E-state index contributed by atoms with van der Waals surface area (Å²) in [6, 6.07) is 10.9. The van der Waals surface area contributed by atoms with Crippen molar-refractivity contribution in [1.82, 2.24) is 15.3 Å².